The summed E-state index contributed by atoms with van der Waals surface area (Å²) in [5.41, 5.74) is 2.78. The average molecular weight is 189 g/mol. The molecule has 0 spiro atoms. The molecule has 74 valence electrons. The van der Waals surface area contributed by atoms with Crippen LogP contribution in [0.1, 0.15) is 23.5 Å². The summed E-state index contributed by atoms with van der Waals surface area (Å²) in [6, 6.07) is 8.39. The number of benzene rings is 1. The lowest BCUT2D eigenvalue weighted by Gasteiger charge is -2.29. The number of Topliss-reactive ketones (excluding diaryl/α,β-unsaturated/α-hetero) is 1. The molecule has 1 unspecified atom stereocenters. The van der Waals surface area contributed by atoms with Gasteiger partial charge in [-0.1, -0.05) is 24.3 Å². The molecular formula is C12H15NO. The van der Waals surface area contributed by atoms with E-state index in [2.05, 4.69) is 23.5 Å². The van der Waals surface area contributed by atoms with Crippen molar-refractivity contribution in [2.45, 2.75) is 18.8 Å². The molecule has 0 amide bonds. The van der Waals surface area contributed by atoms with Gasteiger partial charge in [-0.3, -0.25) is 4.79 Å². The number of fused-ring (bicyclic) bond motifs is 1. The van der Waals surface area contributed by atoms with Gasteiger partial charge in [-0.15, -0.1) is 0 Å². The van der Waals surface area contributed by atoms with Crippen LogP contribution in [0.3, 0.4) is 0 Å². The zero-order chi connectivity index (χ0) is 9.97. The monoisotopic (exact) mass is 189 g/mol. The van der Waals surface area contributed by atoms with Crippen LogP contribution in [0.4, 0.5) is 0 Å². The van der Waals surface area contributed by atoms with Crippen molar-refractivity contribution in [2.75, 3.05) is 13.6 Å². The normalized spacial score (nSPS) is 18.5. The second-order valence-corrected chi connectivity index (χ2v) is 3.87. The fourth-order valence-corrected chi connectivity index (χ4v) is 2.09. The molecule has 0 aliphatic heterocycles. The number of hydrogen-bond donors (Lipinski definition) is 1. The van der Waals surface area contributed by atoms with Gasteiger partial charge in [-0.25, -0.2) is 0 Å². The number of nitrogens with one attached hydrogen (secondary N) is 1. The summed E-state index contributed by atoms with van der Waals surface area (Å²) in [4.78, 5) is 11.4. The highest BCUT2D eigenvalue weighted by Gasteiger charge is 2.26. The van der Waals surface area contributed by atoms with E-state index >= 15 is 0 Å². The topological polar surface area (TPSA) is 29.1 Å². The van der Waals surface area contributed by atoms with E-state index in [0.29, 0.717) is 24.7 Å². The Balaban J connectivity index is 1.96. The standard InChI is InChI=1S/C12H15NO/c1-13-8-11(14)7-10-6-9-4-2-3-5-12(9)10/h2-5,10,13H,6-8H2,1H3. The summed E-state index contributed by atoms with van der Waals surface area (Å²) < 4.78 is 0. The second-order valence-electron chi connectivity index (χ2n) is 3.87. The van der Waals surface area contributed by atoms with Gasteiger partial charge in [0.15, 0.2) is 0 Å². The summed E-state index contributed by atoms with van der Waals surface area (Å²) in [6.07, 6.45) is 1.77. The van der Waals surface area contributed by atoms with Crippen molar-refractivity contribution in [2.24, 2.45) is 0 Å². The Morgan fingerprint density at radius 1 is 1.50 bits per heavy atom. The van der Waals surface area contributed by atoms with E-state index in [1.807, 2.05) is 13.1 Å². The van der Waals surface area contributed by atoms with Crippen LogP contribution in [0.5, 0.6) is 0 Å². The summed E-state index contributed by atoms with van der Waals surface area (Å²) >= 11 is 0. The van der Waals surface area contributed by atoms with Gasteiger partial charge < -0.3 is 5.32 Å². The van der Waals surface area contributed by atoms with Crippen LogP contribution in [-0.4, -0.2) is 19.4 Å². The minimum Gasteiger partial charge on any atom is -0.313 e. The Morgan fingerprint density at radius 3 is 3.00 bits per heavy atom. The zero-order valence-corrected chi connectivity index (χ0v) is 8.42. The first kappa shape index (κ1) is 9.41. The number of carbonyl (C=O) groups is 1. The Kier molecular flexibility index (Phi) is 2.64. The lowest BCUT2D eigenvalue weighted by atomic mass is 9.75. The fourth-order valence-electron chi connectivity index (χ4n) is 2.09. The van der Waals surface area contributed by atoms with Gasteiger partial charge in [0.1, 0.15) is 5.78 Å². The molecule has 0 aromatic heterocycles. The van der Waals surface area contributed by atoms with Crippen molar-refractivity contribution < 1.29 is 4.79 Å². The molecule has 1 aromatic rings. The van der Waals surface area contributed by atoms with Crippen LogP contribution in [-0.2, 0) is 11.2 Å². The smallest absolute Gasteiger partial charge is 0.147 e. The van der Waals surface area contributed by atoms with Crippen molar-refractivity contribution in [3.8, 4) is 0 Å². The van der Waals surface area contributed by atoms with Crippen LogP contribution < -0.4 is 5.32 Å². The molecule has 1 aromatic carbocycles. The maximum absolute atomic E-state index is 11.4. The summed E-state index contributed by atoms with van der Waals surface area (Å²) in [6.45, 7) is 0.499. The molecule has 0 heterocycles. The van der Waals surface area contributed by atoms with Crippen molar-refractivity contribution in [3.63, 3.8) is 0 Å². The Labute approximate surface area is 84.3 Å². The predicted octanol–water partition coefficient (Wildman–Crippen LogP) is 1.50. The Hall–Kier alpha value is -1.15. The molecule has 1 N–H and O–H groups in total. The molecule has 0 saturated carbocycles. The first-order valence-electron chi connectivity index (χ1n) is 5.05. The average Bonchev–Trinajstić information content (AvgIpc) is 2.15. The molecular weight excluding hydrogens is 174 g/mol. The highest BCUT2D eigenvalue weighted by molar-refractivity contribution is 5.81. The van der Waals surface area contributed by atoms with Crippen molar-refractivity contribution in [1.82, 2.24) is 5.32 Å². The lowest BCUT2D eigenvalue weighted by molar-refractivity contribution is -0.118. The summed E-state index contributed by atoms with van der Waals surface area (Å²) in [7, 11) is 1.81. The number of hydrogen-bond acceptors (Lipinski definition) is 2. The van der Waals surface area contributed by atoms with E-state index in [4.69, 9.17) is 0 Å². The number of likely N-dealkylation sites (N-methyl/N-ethyl adjacent to an activating group) is 1. The molecule has 1 aliphatic rings. The molecule has 2 heteroatoms. The van der Waals surface area contributed by atoms with Gasteiger partial charge in [0.2, 0.25) is 0 Å². The maximum Gasteiger partial charge on any atom is 0.147 e. The zero-order valence-electron chi connectivity index (χ0n) is 8.42. The second kappa shape index (κ2) is 3.93. The third-order valence-electron chi connectivity index (χ3n) is 2.81. The molecule has 1 atom stereocenters. The van der Waals surface area contributed by atoms with Crippen molar-refractivity contribution in [3.05, 3.63) is 35.4 Å². The highest BCUT2D eigenvalue weighted by Crippen LogP contribution is 2.37. The lowest BCUT2D eigenvalue weighted by Crippen LogP contribution is -2.25. The van der Waals surface area contributed by atoms with Gasteiger partial charge in [0, 0.05) is 6.42 Å². The molecule has 0 bridgehead atoms. The summed E-state index contributed by atoms with van der Waals surface area (Å²) in [5, 5.41) is 2.90. The molecule has 14 heavy (non-hydrogen) atoms. The molecule has 1 aliphatic carbocycles. The largest absolute Gasteiger partial charge is 0.313 e. The minimum atomic E-state index is 0.312. The van der Waals surface area contributed by atoms with Crippen LogP contribution in [0.25, 0.3) is 0 Å². The number of ketones is 1. The molecule has 2 nitrogen and oxygen atoms in total. The van der Waals surface area contributed by atoms with Crippen LogP contribution in [0.2, 0.25) is 0 Å². The number of carbonyl (C=O) groups excluding carboxylic acids is 1. The van der Waals surface area contributed by atoms with Gasteiger partial charge in [0.25, 0.3) is 0 Å². The van der Waals surface area contributed by atoms with Gasteiger partial charge in [-0.2, -0.15) is 0 Å². The quantitative estimate of drug-likeness (QED) is 0.777. The third-order valence-corrected chi connectivity index (χ3v) is 2.81. The first-order chi connectivity index (χ1) is 6.81. The van der Waals surface area contributed by atoms with E-state index in [-0.39, 0.29) is 0 Å². The van der Waals surface area contributed by atoms with E-state index in [0.717, 1.165) is 6.42 Å². The number of rotatable bonds is 4. The van der Waals surface area contributed by atoms with Gasteiger partial charge in [-0.05, 0) is 30.5 Å². The highest BCUT2D eigenvalue weighted by atomic mass is 16.1. The molecule has 0 saturated heterocycles. The molecule has 0 radical (unpaired) electrons. The SMILES string of the molecule is CNCC(=O)CC1Cc2ccccc21. The molecule has 0 fully saturated rings. The van der Waals surface area contributed by atoms with Crippen molar-refractivity contribution in [1.29, 1.82) is 0 Å². The predicted molar refractivity (Wildman–Crippen MR) is 56.4 cm³/mol. The first-order valence-corrected chi connectivity index (χ1v) is 5.05. The van der Waals surface area contributed by atoms with E-state index < -0.39 is 0 Å². The van der Waals surface area contributed by atoms with Crippen LogP contribution in [0, 0.1) is 0 Å². The Morgan fingerprint density at radius 2 is 2.29 bits per heavy atom. The van der Waals surface area contributed by atoms with E-state index in [9.17, 15) is 4.79 Å². The maximum atomic E-state index is 11.4. The van der Waals surface area contributed by atoms with E-state index in [1.54, 1.807) is 0 Å². The fraction of sp³-hybridized carbons (Fsp3) is 0.417. The van der Waals surface area contributed by atoms with Gasteiger partial charge in [0.05, 0.1) is 6.54 Å². The minimum absolute atomic E-state index is 0.312. The van der Waals surface area contributed by atoms with Crippen LogP contribution in [0.15, 0.2) is 24.3 Å². The van der Waals surface area contributed by atoms with Crippen LogP contribution >= 0.6 is 0 Å². The van der Waals surface area contributed by atoms with E-state index in [1.165, 1.54) is 11.1 Å². The summed E-state index contributed by atoms with van der Waals surface area (Å²) in [5.74, 6) is 0.791. The third kappa shape index (κ3) is 1.70. The Bertz CT molecular complexity index is 346. The van der Waals surface area contributed by atoms with Crippen molar-refractivity contribution >= 4 is 5.78 Å². The molecule has 2 rings (SSSR count). The van der Waals surface area contributed by atoms with Gasteiger partial charge >= 0.3 is 0 Å².